The topological polar surface area (TPSA) is 93.1 Å². The molecule has 0 radical (unpaired) electrons. The first-order valence-corrected chi connectivity index (χ1v) is 3.57. The lowest BCUT2D eigenvalue weighted by atomic mass is 9.92. The van der Waals surface area contributed by atoms with Gasteiger partial charge >= 0.3 is 0 Å². The molecule has 0 fully saturated rings. The first kappa shape index (κ1) is 11.9. The number of ether oxygens (including phenoxy) is 2. The van der Waals surface area contributed by atoms with Crippen LogP contribution in [0.15, 0.2) is 0 Å². The van der Waals surface area contributed by atoms with E-state index in [1.165, 1.54) is 0 Å². The minimum absolute atomic E-state index is 0.195. The molecule has 0 aliphatic heterocycles. The zero-order valence-corrected chi connectivity index (χ0v) is 7.01. The average Bonchev–Trinajstić information content (AvgIpc) is 2.20. The summed E-state index contributed by atoms with van der Waals surface area (Å²) in [5.74, 6) is 0. The van der Waals surface area contributed by atoms with Crippen LogP contribution < -0.4 is 0 Å². The van der Waals surface area contributed by atoms with Gasteiger partial charge in [-0.15, -0.1) is 0 Å². The molecule has 0 bridgehead atoms. The van der Waals surface area contributed by atoms with E-state index in [9.17, 15) is 9.59 Å². The summed E-state index contributed by atoms with van der Waals surface area (Å²) in [6.07, 6.45) is 0. The molecule has 0 heterocycles. The van der Waals surface area contributed by atoms with Crippen molar-refractivity contribution in [1.82, 2.24) is 0 Å². The maximum Gasteiger partial charge on any atom is 0.293 e. The van der Waals surface area contributed by atoms with E-state index < -0.39 is 18.6 Å². The Labute approximate surface area is 75.1 Å². The first-order valence-electron chi connectivity index (χ1n) is 3.57. The third kappa shape index (κ3) is 3.86. The van der Waals surface area contributed by atoms with Crippen LogP contribution in [0.4, 0.5) is 0 Å². The van der Waals surface area contributed by atoms with E-state index >= 15 is 0 Å². The van der Waals surface area contributed by atoms with E-state index in [2.05, 4.69) is 9.47 Å². The molecule has 0 aromatic carbocycles. The second-order valence-electron chi connectivity index (χ2n) is 2.63. The lowest BCUT2D eigenvalue weighted by Gasteiger charge is -2.26. The normalized spacial score (nSPS) is 10.6. The van der Waals surface area contributed by atoms with Gasteiger partial charge in [0.05, 0.1) is 18.6 Å². The van der Waals surface area contributed by atoms with Gasteiger partial charge in [0, 0.05) is 0 Å². The van der Waals surface area contributed by atoms with Gasteiger partial charge in [0.15, 0.2) is 0 Å². The summed E-state index contributed by atoms with van der Waals surface area (Å²) in [6.45, 7) is -0.882. The van der Waals surface area contributed by atoms with E-state index in [1.54, 1.807) is 0 Å². The Morgan fingerprint density at radius 1 is 1.00 bits per heavy atom. The second-order valence-corrected chi connectivity index (χ2v) is 2.63. The Kier molecular flexibility index (Phi) is 5.82. The number of hydrogen-bond acceptors (Lipinski definition) is 6. The molecule has 0 saturated heterocycles. The van der Waals surface area contributed by atoms with Crippen LogP contribution >= 0.6 is 0 Å². The lowest BCUT2D eigenvalue weighted by molar-refractivity contribution is -0.143. The van der Waals surface area contributed by atoms with Crippen molar-refractivity contribution in [1.29, 1.82) is 0 Å². The quantitative estimate of drug-likeness (QED) is 0.445. The van der Waals surface area contributed by atoms with Crippen molar-refractivity contribution in [3.63, 3.8) is 0 Å². The molecular formula is C7H12O6. The number of hydrogen-bond donors (Lipinski definition) is 2. The van der Waals surface area contributed by atoms with Gasteiger partial charge in [-0.2, -0.15) is 0 Å². The number of carbonyl (C=O) groups is 2. The van der Waals surface area contributed by atoms with Gasteiger partial charge in [-0.05, 0) is 0 Å². The molecule has 0 atom stereocenters. The van der Waals surface area contributed by atoms with Gasteiger partial charge in [0.25, 0.3) is 12.9 Å². The number of aliphatic hydroxyl groups is 2. The highest BCUT2D eigenvalue weighted by Crippen LogP contribution is 2.15. The smallest absolute Gasteiger partial charge is 0.293 e. The van der Waals surface area contributed by atoms with Crippen LogP contribution in [0.5, 0.6) is 0 Å². The minimum atomic E-state index is -1.11. The molecule has 76 valence electrons. The zero-order valence-electron chi connectivity index (χ0n) is 7.01. The predicted octanol–water partition coefficient (Wildman–Crippen LogP) is -1.70. The van der Waals surface area contributed by atoms with Gasteiger partial charge in [-0.25, -0.2) is 0 Å². The Bertz CT molecular complexity index is 139. The van der Waals surface area contributed by atoms with E-state index in [4.69, 9.17) is 10.2 Å². The lowest BCUT2D eigenvalue weighted by Crippen LogP contribution is -2.39. The molecule has 0 amide bonds. The highest BCUT2D eigenvalue weighted by Gasteiger charge is 2.30. The van der Waals surface area contributed by atoms with Crippen LogP contribution in [0.2, 0.25) is 0 Å². The molecule has 0 aliphatic carbocycles. The van der Waals surface area contributed by atoms with Gasteiger partial charge in [-0.3, -0.25) is 9.59 Å². The van der Waals surface area contributed by atoms with Gasteiger partial charge < -0.3 is 19.7 Å². The van der Waals surface area contributed by atoms with Crippen molar-refractivity contribution in [2.24, 2.45) is 5.41 Å². The Hall–Kier alpha value is -1.14. The fourth-order valence-corrected chi connectivity index (χ4v) is 0.696. The number of rotatable bonds is 8. The maximum absolute atomic E-state index is 9.86. The van der Waals surface area contributed by atoms with E-state index in [1.807, 2.05) is 0 Å². The fraction of sp³-hybridized carbons (Fsp3) is 0.714. The van der Waals surface area contributed by atoms with Crippen molar-refractivity contribution in [3.05, 3.63) is 0 Å². The predicted molar refractivity (Wildman–Crippen MR) is 40.6 cm³/mol. The van der Waals surface area contributed by atoms with Crippen LogP contribution in [-0.2, 0) is 19.1 Å². The summed E-state index contributed by atoms with van der Waals surface area (Å²) < 4.78 is 8.76. The summed E-state index contributed by atoms with van der Waals surface area (Å²) >= 11 is 0. The van der Waals surface area contributed by atoms with Crippen molar-refractivity contribution in [2.45, 2.75) is 0 Å². The monoisotopic (exact) mass is 192 g/mol. The standard InChI is InChI=1S/C7H12O6/c8-1-7(2-9,3-12-5-10)4-13-6-11/h5-6,8-9H,1-4H2. The molecule has 0 unspecified atom stereocenters. The number of aliphatic hydroxyl groups excluding tert-OH is 2. The largest absolute Gasteiger partial charge is 0.467 e. The van der Waals surface area contributed by atoms with Crippen molar-refractivity contribution >= 4 is 12.9 Å². The molecule has 6 heteroatoms. The Balaban J connectivity index is 4.11. The molecule has 2 N–H and O–H groups in total. The van der Waals surface area contributed by atoms with Crippen molar-refractivity contribution in [3.8, 4) is 0 Å². The second kappa shape index (κ2) is 6.38. The third-order valence-electron chi connectivity index (χ3n) is 1.59. The molecule has 0 spiro atoms. The summed E-state index contributed by atoms with van der Waals surface area (Å²) in [5.41, 5.74) is -1.11. The van der Waals surface area contributed by atoms with Gasteiger partial charge in [0.1, 0.15) is 13.2 Å². The zero-order chi connectivity index (χ0) is 10.2. The molecule has 0 rings (SSSR count). The van der Waals surface area contributed by atoms with Crippen LogP contribution in [0.25, 0.3) is 0 Å². The molecule has 6 nitrogen and oxygen atoms in total. The van der Waals surface area contributed by atoms with Crippen LogP contribution in [0.1, 0.15) is 0 Å². The molecular weight excluding hydrogens is 180 g/mol. The number of carbonyl (C=O) groups excluding carboxylic acids is 2. The minimum Gasteiger partial charge on any atom is -0.467 e. The van der Waals surface area contributed by atoms with Crippen molar-refractivity contribution in [2.75, 3.05) is 26.4 Å². The highest BCUT2D eigenvalue weighted by atomic mass is 16.5. The summed E-state index contributed by atoms with van der Waals surface area (Å²) in [6, 6.07) is 0. The van der Waals surface area contributed by atoms with Gasteiger partial charge in [-0.1, -0.05) is 0 Å². The first-order chi connectivity index (χ1) is 6.24. The van der Waals surface area contributed by atoms with Gasteiger partial charge in [0.2, 0.25) is 0 Å². The van der Waals surface area contributed by atoms with Crippen LogP contribution in [0, 0.1) is 5.41 Å². The third-order valence-corrected chi connectivity index (χ3v) is 1.59. The Morgan fingerprint density at radius 2 is 1.38 bits per heavy atom. The fourth-order valence-electron chi connectivity index (χ4n) is 0.696. The molecule has 0 aromatic heterocycles. The van der Waals surface area contributed by atoms with Crippen LogP contribution in [-0.4, -0.2) is 49.6 Å². The SMILES string of the molecule is O=COCC(CO)(CO)COC=O. The van der Waals surface area contributed by atoms with Crippen LogP contribution in [0.3, 0.4) is 0 Å². The molecule has 13 heavy (non-hydrogen) atoms. The van der Waals surface area contributed by atoms with E-state index in [0.717, 1.165) is 0 Å². The van der Waals surface area contributed by atoms with Crippen molar-refractivity contribution < 1.29 is 29.3 Å². The molecule has 0 aliphatic rings. The Morgan fingerprint density at radius 3 is 1.62 bits per heavy atom. The summed E-state index contributed by atoms with van der Waals surface area (Å²) in [5, 5.41) is 17.8. The summed E-state index contributed by atoms with van der Waals surface area (Å²) in [4.78, 5) is 19.7. The average molecular weight is 192 g/mol. The summed E-state index contributed by atoms with van der Waals surface area (Å²) in [7, 11) is 0. The molecule has 0 saturated carbocycles. The van der Waals surface area contributed by atoms with E-state index in [-0.39, 0.29) is 26.2 Å². The maximum atomic E-state index is 9.86. The molecule has 0 aromatic rings. The van der Waals surface area contributed by atoms with E-state index in [0.29, 0.717) is 0 Å². The highest BCUT2D eigenvalue weighted by molar-refractivity contribution is 5.37.